The first-order valence-electron chi connectivity index (χ1n) is 4.20. The third-order valence-electron chi connectivity index (χ3n) is 2.10. The minimum absolute atomic E-state index is 0.0144. The Morgan fingerprint density at radius 1 is 1.56 bits per heavy atom. The Balaban J connectivity index is 2.56. The van der Waals surface area contributed by atoms with Crippen molar-refractivity contribution in [3.8, 4) is 11.5 Å². The molecule has 0 fully saturated rings. The molecule has 1 heterocycles. The fourth-order valence-electron chi connectivity index (χ4n) is 1.33. The Bertz CT molecular complexity index is 462. The zero-order valence-electron chi connectivity index (χ0n) is 7.74. The van der Waals surface area contributed by atoms with Crippen LogP contribution in [0.25, 0.3) is 0 Å². The summed E-state index contributed by atoms with van der Waals surface area (Å²) >= 11 is 5.61. The third kappa shape index (κ3) is 1.56. The number of carbonyl (C=O) groups is 1. The van der Waals surface area contributed by atoms with Crippen molar-refractivity contribution in [2.75, 3.05) is 6.79 Å². The van der Waals surface area contributed by atoms with E-state index in [1.807, 2.05) is 0 Å². The van der Waals surface area contributed by atoms with Crippen molar-refractivity contribution in [2.24, 2.45) is 0 Å². The van der Waals surface area contributed by atoms with Gasteiger partial charge in [-0.1, -0.05) is 11.6 Å². The number of ether oxygens (including phenoxy) is 2. The van der Waals surface area contributed by atoms with Gasteiger partial charge in [0.1, 0.15) is 5.02 Å². The van der Waals surface area contributed by atoms with Crippen molar-refractivity contribution in [1.82, 2.24) is 0 Å². The Labute approximate surface area is 94.0 Å². The van der Waals surface area contributed by atoms with E-state index in [2.05, 4.69) is 0 Å². The summed E-state index contributed by atoms with van der Waals surface area (Å²) in [6, 6.07) is 1.06. The summed E-state index contributed by atoms with van der Waals surface area (Å²) in [5, 5.41) is 17.4. The summed E-state index contributed by atoms with van der Waals surface area (Å²) in [4.78, 5) is 10.5. The van der Waals surface area contributed by atoms with Gasteiger partial charge in [-0.3, -0.25) is 0 Å². The average molecular weight is 249 g/mol. The third-order valence-corrected chi connectivity index (χ3v) is 2.44. The topological polar surface area (TPSA) is 76.0 Å². The maximum atomic E-state index is 13.6. The van der Waals surface area contributed by atoms with Gasteiger partial charge in [-0.15, -0.1) is 0 Å². The number of benzene rings is 1. The van der Waals surface area contributed by atoms with Crippen LogP contribution in [-0.2, 0) is 4.79 Å². The van der Waals surface area contributed by atoms with E-state index in [1.54, 1.807) is 0 Å². The molecule has 0 bridgehead atoms. The van der Waals surface area contributed by atoms with Crippen LogP contribution in [0.2, 0.25) is 5.02 Å². The predicted octanol–water partition coefficient (Wildman–Crippen LogP) is 1.33. The molecule has 0 radical (unpaired) electrons. The van der Waals surface area contributed by atoms with E-state index in [1.165, 1.54) is 0 Å². The number of fused-ring (bicyclic) bond motifs is 1. The second kappa shape index (κ2) is 3.80. The minimum atomic E-state index is -1.99. The lowest BCUT2D eigenvalue weighted by Crippen LogP contribution is -2.12. The van der Waals surface area contributed by atoms with Gasteiger partial charge in [-0.05, 0) is 6.07 Å². The molecule has 0 saturated carbocycles. The molecule has 86 valence electrons. The second-order valence-corrected chi connectivity index (χ2v) is 3.45. The summed E-state index contributed by atoms with van der Waals surface area (Å²) in [5.74, 6) is -2.48. The first kappa shape index (κ1) is 11.0. The highest BCUT2D eigenvalue weighted by Crippen LogP contribution is 2.43. The monoisotopic (exact) mass is 248 g/mol. The molecule has 2 rings (SSSR count). The van der Waals surface area contributed by atoms with Gasteiger partial charge in [0.25, 0.3) is 0 Å². The van der Waals surface area contributed by atoms with Crippen molar-refractivity contribution in [3.05, 3.63) is 22.5 Å². The zero-order chi connectivity index (χ0) is 11.9. The number of hydrogen-bond acceptors (Lipinski definition) is 4. The second-order valence-electron chi connectivity index (χ2n) is 3.07. The van der Waals surface area contributed by atoms with Crippen molar-refractivity contribution in [2.45, 2.75) is 6.10 Å². The normalized spacial score (nSPS) is 14.9. The maximum Gasteiger partial charge on any atom is 0.337 e. The van der Waals surface area contributed by atoms with E-state index in [0.29, 0.717) is 0 Å². The Morgan fingerprint density at radius 2 is 2.25 bits per heavy atom. The summed E-state index contributed by atoms with van der Waals surface area (Å²) in [7, 11) is 0. The van der Waals surface area contributed by atoms with Crippen LogP contribution in [-0.4, -0.2) is 23.0 Å². The van der Waals surface area contributed by atoms with Crippen molar-refractivity contribution >= 4 is 17.6 Å². The summed E-state index contributed by atoms with van der Waals surface area (Å²) in [5.41, 5.74) is -0.457. The fourth-order valence-corrected chi connectivity index (χ4v) is 1.59. The lowest BCUT2D eigenvalue weighted by molar-refractivity contribution is -0.147. The smallest absolute Gasteiger partial charge is 0.337 e. The quantitative estimate of drug-likeness (QED) is 0.826. The molecule has 1 aromatic carbocycles. The Kier molecular flexibility index (Phi) is 2.61. The van der Waals surface area contributed by atoms with Gasteiger partial charge < -0.3 is 19.7 Å². The van der Waals surface area contributed by atoms with Crippen molar-refractivity contribution in [1.29, 1.82) is 0 Å². The number of carboxylic acid groups (broad SMARTS) is 1. The first-order valence-corrected chi connectivity index (χ1v) is 4.58. The number of rotatable bonds is 2. The van der Waals surface area contributed by atoms with E-state index in [4.69, 9.17) is 26.2 Å². The highest BCUT2D eigenvalue weighted by Gasteiger charge is 2.29. The molecule has 1 atom stereocenters. The molecule has 2 N–H and O–H groups in total. The molecular formula is C9H6ClFO5. The van der Waals surface area contributed by atoms with Crippen LogP contribution in [0.15, 0.2) is 6.07 Å². The molecule has 1 aromatic rings. The summed E-state index contributed by atoms with van der Waals surface area (Å²) in [6.45, 7) is -0.124. The van der Waals surface area contributed by atoms with E-state index in [9.17, 15) is 14.3 Å². The van der Waals surface area contributed by atoms with Gasteiger partial charge in [-0.2, -0.15) is 0 Å². The average Bonchev–Trinajstić information content (AvgIpc) is 2.70. The molecule has 5 nitrogen and oxygen atoms in total. The number of aliphatic carboxylic acids is 1. The standard InChI is InChI=1S/C9H6ClFO5/c10-5-6(11)3(7(12)9(13)14)1-4-8(5)16-2-15-4/h1,7,12H,2H2,(H,13,14). The molecule has 0 aromatic heterocycles. The van der Waals surface area contributed by atoms with Crippen molar-refractivity contribution < 1.29 is 28.9 Å². The number of carboxylic acids is 1. The molecule has 0 spiro atoms. The van der Waals surface area contributed by atoms with Gasteiger partial charge in [0.15, 0.2) is 23.4 Å². The lowest BCUT2D eigenvalue weighted by atomic mass is 10.1. The highest BCUT2D eigenvalue weighted by atomic mass is 35.5. The van der Waals surface area contributed by atoms with Gasteiger partial charge in [0.05, 0.1) is 0 Å². The largest absolute Gasteiger partial charge is 0.479 e. The highest BCUT2D eigenvalue weighted by molar-refractivity contribution is 6.32. The van der Waals surface area contributed by atoms with Crippen LogP contribution < -0.4 is 9.47 Å². The van der Waals surface area contributed by atoms with Crippen LogP contribution >= 0.6 is 11.6 Å². The van der Waals surface area contributed by atoms with Gasteiger partial charge in [0.2, 0.25) is 6.79 Å². The van der Waals surface area contributed by atoms with Gasteiger partial charge in [0, 0.05) is 5.56 Å². The maximum absolute atomic E-state index is 13.6. The number of aliphatic hydroxyl groups is 1. The zero-order valence-corrected chi connectivity index (χ0v) is 8.49. The molecule has 1 aliphatic heterocycles. The number of aliphatic hydroxyl groups excluding tert-OH is 1. The number of halogens is 2. The molecule has 0 saturated heterocycles. The fraction of sp³-hybridized carbons (Fsp3) is 0.222. The molecule has 0 aliphatic carbocycles. The minimum Gasteiger partial charge on any atom is -0.479 e. The van der Waals surface area contributed by atoms with Crippen LogP contribution in [0.5, 0.6) is 11.5 Å². The molecule has 0 amide bonds. The van der Waals surface area contributed by atoms with E-state index in [0.717, 1.165) is 6.07 Å². The van der Waals surface area contributed by atoms with E-state index < -0.39 is 28.5 Å². The van der Waals surface area contributed by atoms with Crippen LogP contribution in [0.4, 0.5) is 4.39 Å². The van der Waals surface area contributed by atoms with E-state index >= 15 is 0 Å². The number of hydrogen-bond donors (Lipinski definition) is 2. The van der Waals surface area contributed by atoms with Gasteiger partial charge >= 0.3 is 5.97 Å². The first-order chi connectivity index (χ1) is 7.52. The van der Waals surface area contributed by atoms with Crippen molar-refractivity contribution in [3.63, 3.8) is 0 Å². The molecule has 1 aliphatic rings. The van der Waals surface area contributed by atoms with Crippen LogP contribution in [0.1, 0.15) is 11.7 Å². The van der Waals surface area contributed by atoms with Gasteiger partial charge in [-0.25, -0.2) is 9.18 Å². The van der Waals surface area contributed by atoms with Crippen LogP contribution in [0.3, 0.4) is 0 Å². The molecule has 1 unspecified atom stereocenters. The molecular weight excluding hydrogens is 243 g/mol. The predicted molar refractivity (Wildman–Crippen MR) is 50.1 cm³/mol. The Hall–Kier alpha value is -1.53. The van der Waals surface area contributed by atoms with E-state index in [-0.39, 0.29) is 18.3 Å². The summed E-state index contributed by atoms with van der Waals surface area (Å²) < 4.78 is 23.4. The lowest BCUT2D eigenvalue weighted by Gasteiger charge is -2.09. The molecule has 16 heavy (non-hydrogen) atoms. The van der Waals surface area contributed by atoms with Crippen LogP contribution in [0, 0.1) is 5.82 Å². The summed E-state index contributed by atoms with van der Waals surface area (Å²) in [6.07, 6.45) is -1.99. The SMILES string of the molecule is O=C(O)C(O)c1cc2c(c(Cl)c1F)OCO2. The molecule has 7 heteroatoms. The Morgan fingerprint density at radius 3 is 2.88 bits per heavy atom.